The molecule has 26 heavy (non-hydrogen) atoms. The highest BCUT2D eigenvalue weighted by molar-refractivity contribution is 8.18. The van der Waals surface area contributed by atoms with Crippen LogP contribution in [-0.4, -0.2) is 21.0 Å². The average molecular weight is 366 g/mol. The van der Waals surface area contributed by atoms with Crippen molar-refractivity contribution >= 4 is 51.7 Å². The molecule has 8 nitrogen and oxygen atoms in total. The number of aliphatic imine (C=N–C) groups is 1. The summed E-state index contributed by atoms with van der Waals surface area (Å²) < 4.78 is 5.51. The van der Waals surface area contributed by atoms with Crippen molar-refractivity contribution in [1.82, 2.24) is 10.3 Å². The van der Waals surface area contributed by atoms with Crippen LogP contribution in [0.3, 0.4) is 0 Å². The number of benzene rings is 2. The molecular weight excluding hydrogens is 356 g/mol. The van der Waals surface area contributed by atoms with Crippen molar-refractivity contribution in [3.63, 3.8) is 0 Å². The van der Waals surface area contributed by atoms with Gasteiger partial charge in [-0.15, -0.1) is 0 Å². The lowest BCUT2D eigenvalue weighted by Gasteiger charge is -1.95. The molecule has 2 aromatic carbocycles. The zero-order valence-corrected chi connectivity index (χ0v) is 13.9. The first-order chi connectivity index (χ1) is 12.6. The van der Waals surface area contributed by atoms with E-state index in [9.17, 15) is 14.9 Å². The van der Waals surface area contributed by atoms with E-state index in [0.29, 0.717) is 26.7 Å². The second-order valence-corrected chi connectivity index (χ2v) is 6.33. The molecule has 1 saturated heterocycles. The van der Waals surface area contributed by atoms with E-state index in [-0.39, 0.29) is 17.6 Å². The Morgan fingerprint density at radius 1 is 1.19 bits per heavy atom. The summed E-state index contributed by atoms with van der Waals surface area (Å²) in [6.45, 7) is 0. The van der Waals surface area contributed by atoms with Gasteiger partial charge in [0.1, 0.15) is 5.52 Å². The molecule has 1 fully saturated rings. The molecule has 128 valence electrons. The van der Waals surface area contributed by atoms with Crippen LogP contribution in [0.4, 0.5) is 11.7 Å². The minimum absolute atomic E-state index is 0.00566. The van der Waals surface area contributed by atoms with Gasteiger partial charge in [-0.2, -0.15) is 9.98 Å². The second kappa shape index (κ2) is 6.45. The Kier molecular flexibility index (Phi) is 3.98. The minimum atomic E-state index is -0.473. The van der Waals surface area contributed by atoms with Gasteiger partial charge in [0.2, 0.25) is 0 Å². The fourth-order valence-electron chi connectivity index (χ4n) is 2.32. The largest absolute Gasteiger partial charge is 0.422 e. The Morgan fingerprint density at radius 3 is 2.69 bits per heavy atom. The number of nitrogens with one attached hydrogen (secondary N) is 1. The van der Waals surface area contributed by atoms with Crippen LogP contribution in [0, 0.1) is 10.1 Å². The molecule has 1 aliphatic rings. The molecule has 0 atom stereocenters. The number of nitrogens with zero attached hydrogens (tertiary/aromatic N) is 3. The number of hydrogen-bond acceptors (Lipinski definition) is 7. The smallest absolute Gasteiger partial charge is 0.325 e. The van der Waals surface area contributed by atoms with Gasteiger partial charge in [-0.3, -0.25) is 14.9 Å². The quantitative estimate of drug-likeness (QED) is 0.430. The van der Waals surface area contributed by atoms with Gasteiger partial charge >= 0.3 is 6.01 Å². The Labute approximate surface area is 150 Å². The fourth-order valence-corrected chi connectivity index (χ4v) is 3.13. The predicted octanol–water partition coefficient (Wildman–Crippen LogP) is 3.63. The van der Waals surface area contributed by atoms with Crippen molar-refractivity contribution < 1.29 is 14.1 Å². The molecule has 1 N–H and O–H groups in total. The number of fused-ring (bicyclic) bond motifs is 1. The molecular formula is C17H10N4O4S. The van der Waals surface area contributed by atoms with Crippen LogP contribution in [0.2, 0.25) is 0 Å². The lowest BCUT2D eigenvalue weighted by molar-refractivity contribution is -0.384. The van der Waals surface area contributed by atoms with E-state index >= 15 is 0 Å². The van der Waals surface area contributed by atoms with Gasteiger partial charge in [0.25, 0.3) is 11.6 Å². The Bertz CT molecular complexity index is 1050. The lowest BCUT2D eigenvalue weighted by Crippen LogP contribution is -2.19. The van der Waals surface area contributed by atoms with Gasteiger partial charge in [0.15, 0.2) is 10.8 Å². The number of carbonyl (C=O) groups is 1. The highest BCUT2D eigenvalue weighted by Crippen LogP contribution is 2.29. The SMILES string of the molecule is O=C1N/C(=N\c2nc3ccccc3o2)S/C1=C\c1ccc([N+](=O)[O-])cc1. The molecule has 4 rings (SSSR count). The standard InChI is InChI=1S/C17H10N4O4S/c22-15-14(9-10-5-7-11(8-6-10)21(23)24)26-17(19-15)20-16-18-12-3-1-2-4-13(12)25-16/h1-9H,(H,18,19,20,22)/b14-9-. The number of carbonyl (C=O) groups excluding carboxylic acids is 1. The van der Waals surface area contributed by atoms with Crippen molar-refractivity contribution in [2.24, 2.45) is 4.99 Å². The number of thioether (sulfide) groups is 1. The first kappa shape index (κ1) is 16.0. The Hall–Kier alpha value is -3.46. The fraction of sp³-hybridized carbons (Fsp3) is 0. The molecule has 0 bridgehead atoms. The number of nitro benzene ring substituents is 1. The third kappa shape index (κ3) is 3.20. The topological polar surface area (TPSA) is 111 Å². The van der Waals surface area contributed by atoms with Crippen molar-refractivity contribution in [2.45, 2.75) is 0 Å². The molecule has 0 radical (unpaired) electrons. The Balaban J connectivity index is 1.56. The summed E-state index contributed by atoms with van der Waals surface area (Å²) in [5.41, 5.74) is 1.97. The summed E-state index contributed by atoms with van der Waals surface area (Å²) in [6, 6.07) is 13.4. The number of aromatic nitrogens is 1. The van der Waals surface area contributed by atoms with Crippen LogP contribution in [0.25, 0.3) is 17.2 Å². The van der Waals surface area contributed by atoms with E-state index in [1.807, 2.05) is 18.2 Å². The van der Waals surface area contributed by atoms with E-state index in [4.69, 9.17) is 4.42 Å². The van der Waals surface area contributed by atoms with Gasteiger partial charge in [0.05, 0.1) is 9.83 Å². The second-order valence-electron chi connectivity index (χ2n) is 5.29. The minimum Gasteiger partial charge on any atom is -0.422 e. The molecule has 0 saturated carbocycles. The molecule has 1 aromatic heterocycles. The number of nitro groups is 1. The maximum atomic E-state index is 12.1. The predicted molar refractivity (Wildman–Crippen MR) is 97.9 cm³/mol. The van der Waals surface area contributed by atoms with Crippen molar-refractivity contribution in [3.05, 3.63) is 69.1 Å². The average Bonchev–Trinajstić information content (AvgIpc) is 3.18. The maximum absolute atomic E-state index is 12.1. The summed E-state index contributed by atoms with van der Waals surface area (Å²) in [5.74, 6) is -0.303. The highest BCUT2D eigenvalue weighted by Gasteiger charge is 2.24. The molecule has 1 amide bonds. The number of amidine groups is 1. The normalized spacial score (nSPS) is 17.2. The molecule has 9 heteroatoms. The van der Waals surface area contributed by atoms with Crippen LogP contribution in [0.5, 0.6) is 0 Å². The van der Waals surface area contributed by atoms with Gasteiger partial charge in [-0.05, 0) is 47.7 Å². The van der Waals surface area contributed by atoms with Gasteiger partial charge < -0.3 is 9.73 Å². The number of amides is 1. The summed E-state index contributed by atoms with van der Waals surface area (Å²) in [7, 11) is 0. The van der Waals surface area contributed by atoms with Gasteiger partial charge in [0, 0.05) is 12.1 Å². The molecule has 3 aromatic rings. The van der Waals surface area contributed by atoms with Crippen LogP contribution in [-0.2, 0) is 4.79 Å². The van der Waals surface area contributed by atoms with Gasteiger partial charge in [-0.1, -0.05) is 12.1 Å². The maximum Gasteiger partial charge on any atom is 0.325 e. The number of non-ortho nitro benzene ring substituents is 1. The molecule has 0 unspecified atom stereocenters. The van der Waals surface area contributed by atoms with Crippen molar-refractivity contribution in [1.29, 1.82) is 0 Å². The number of hydrogen-bond donors (Lipinski definition) is 1. The number of oxazole rings is 1. The van der Waals surface area contributed by atoms with E-state index in [2.05, 4.69) is 15.3 Å². The monoisotopic (exact) mass is 366 g/mol. The first-order valence-electron chi connectivity index (χ1n) is 7.48. The third-order valence-corrected chi connectivity index (χ3v) is 4.44. The van der Waals surface area contributed by atoms with Crippen LogP contribution in [0.1, 0.15) is 5.56 Å². The van der Waals surface area contributed by atoms with Crippen LogP contribution in [0.15, 0.2) is 62.8 Å². The molecule has 1 aliphatic heterocycles. The summed E-state index contributed by atoms with van der Waals surface area (Å²) >= 11 is 1.15. The van der Waals surface area contributed by atoms with Crippen molar-refractivity contribution in [3.8, 4) is 0 Å². The summed E-state index contributed by atoms with van der Waals surface area (Å²) in [4.78, 5) is 31.2. The highest BCUT2D eigenvalue weighted by atomic mass is 32.2. The van der Waals surface area contributed by atoms with Crippen LogP contribution < -0.4 is 5.32 Å². The molecule has 0 aliphatic carbocycles. The van der Waals surface area contributed by atoms with E-state index in [0.717, 1.165) is 11.8 Å². The zero-order chi connectivity index (χ0) is 18.1. The zero-order valence-electron chi connectivity index (χ0n) is 13.1. The van der Waals surface area contributed by atoms with E-state index < -0.39 is 4.92 Å². The third-order valence-electron chi connectivity index (χ3n) is 3.53. The number of para-hydroxylation sites is 2. The Morgan fingerprint density at radius 2 is 1.96 bits per heavy atom. The van der Waals surface area contributed by atoms with Gasteiger partial charge in [-0.25, -0.2) is 0 Å². The summed E-state index contributed by atoms with van der Waals surface area (Å²) in [6.07, 6.45) is 1.64. The van der Waals surface area contributed by atoms with E-state index in [1.165, 1.54) is 12.1 Å². The van der Waals surface area contributed by atoms with E-state index in [1.54, 1.807) is 24.3 Å². The van der Waals surface area contributed by atoms with Crippen LogP contribution >= 0.6 is 11.8 Å². The molecule has 2 heterocycles. The lowest BCUT2D eigenvalue weighted by atomic mass is 10.2. The van der Waals surface area contributed by atoms with Crippen molar-refractivity contribution in [2.75, 3.05) is 0 Å². The number of rotatable bonds is 3. The summed E-state index contributed by atoms with van der Waals surface area (Å²) in [5, 5.41) is 13.7. The first-order valence-corrected chi connectivity index (χ1v) is 8.30. The molecule has 0 spiro atoms.